The number of nitrogens with two attached hydrogens (primary N) is 2. The molecule has 0 spiro atoms. The average molecular weight is 307 g/mol. The fraction of sp³-hybridized carbons (Fsp3) is 0.0625. The van der Waals surface area contributed by atoms with E-state index < -0.39 is 0 Å². The Bertz CT molecular complexity index is 892. The second-order valence-electron chi connectivity index (χ2n) is 4.79. The first kappa shape index (κ1) is 14.0. The number of hydrogen-bond acceptors (Lipinski definition) is 6. The van der Waals surface area contributed by atoms with Gasteiger partial charge in [-0.05, 0) is 30.7 Å². The molecule has 0 unspecified atom stereocenters. The van der Waals surface area contributed by atoms with E-state index in [0.29, 0.717) is 5.69 Å². The Kier molecular flexibility index (Phi) is 3.49. The van der Waals surface area contributed by atoms with Crippen LogP contribution in [0.15, 0.2) is 36.4 Å². The minimum atomic E-state index is 0.0591. The zero-order chi connectivity index (χ0) is 15.7. The molecule has 5 nitrogen and oxygen atoms in total. The molecule has 0 saturated carbocycles. The van der Waals surface area contributed by atoms with Crippen LogP contribution >= 0.6 is 11.3 Å². The molecule has 3 rings (SSSR count). The van der Waals surface area contributed by atoms with E-state index >= 15 is 0 Å². The Hall–Kier alpha value is -2.91. The molecule has 0 atom stereocenters. The Morgan fingerprint density at radius 3 is 2.55 bits per heavy atom. The van der Waals surface area contributed by atoms with E-state index in [0.717, 1.165) is 16.0 Å². The second kappa shape index (κ2) is 5.47. The van der Waals surface area contributed by atoms with Gasteiger partial charge in [0.2, 0.25) is 5.95 Å². The van der Waals surface area contributed by atoms with Gasteiger partial charge in [-0.3, -0.25) is 0 Å². The fourth-order valence-corrected chi connectivity index (χ4v) is 3.09. The third-order valence-corrected chi connectivity index (χ3v) is 4.28. The van der Waals surface area contributed by atoms with Crippen molar-refractivity contribution in [2.45, 2.75) is 6.92 Å². The second-order valence-corrected chi connectivity index (χ2v) is 6.08. The van der Waals surface area contributed by atoms with Crippen LogP contribution in [0, 0.1) is 18.3 Å². The monoisotopic (exact) mass is 307 g/mol. The molecule has 0 aliphatic heterocycles. The molecule has 0 bridgehead atoms. The van der Waals surface area contributed by atoms with Gasteiger partial charge in [-0.25, -0.2) is 4.98 Å². The zero-order valence-corrected chi connectivity index (χ0v) is 12.7. The number of anilines is 2. The van der Waals surface area contributed by atoms with E-state index in [2.05, 4.69) is 29.0 Å². The minimum Gasteiger partial charge on any atom is -0.382 e. The van der Waals surface area contributed by atoms with Gasteiger partial charge in [0, 0.05) is 15.3 Å². The van der Waals surface area contributed by atoms with Crippen LogP contribution < -0.4 is 11.5 Å². The van der Waals surface area contributed by atoms with Crippen molar-refractivity contribution in [1.82, 2.24) is 9.97 Å². The Morgan fingerprint density at radius 2 is 1.86 bits per heavy atom. The first-order valence-electron chi connectivity index (χ1n) is 6.59. The third kappa shape index (κ3) is 2.50. The molecule has 0 fully saturated rings. The molecular weight excluding hydrogens is 294 g/mol. The highest BCUT2D eigenvalue weighted by Gasteiger charge is 2.14. The number of aryl methyl sites for hydroxylation is 1. The summed E-state index contributed by atoms with van der Waals surface area (Å²) in [5.74, 6) is 0.159. The molecule has 1 aromatic carbocycles. The van der Waals surface area contributed by atoms with E-state index in [-0.39, 0.29) is 17.3 Å². The van der Waals surface area contributed by atoms with Crippen LogP contribution in [0.5, 0.6) is 0 Å². The maximum Gasteiger partial charge on any atom is 0.222 e. The Balaban J connectivity index is 2.16. The third-order valence-electron chi connectivity index (χ3n) is 3.23. The highest BCUT2D eigenvalue weighted by Crippen LogP contribution is 2.32. The van der Waals surface area contributed by atoms with E-state index in [1.165, 1.54) is 4.88 Å². The van der Waals surface area contributed by atoms with Crippen LogP contribution in [0.3, 0.4) is 0 Å². The molecule has 2 aromatic heterocycles. The van der Waals surface area contributed by atoms with Crippen molar-refractivity contribution in [3.05, 3.63) is 46.8 Å². The molecule has 2 heterocycles. The fourth-order valence-electron chi connectivity index (χ4n) is 2.22. The summed E-state index contributed by atoms with van der Waals surface area (Å²) in [6, 6.07) is 14.0. The van der Waals surface area contributed by atoms with Crippen molar-refractivity contribution in [3.63, 3.8) is 0 Å². The topological polar surface area (TPSA) is 102 Å². The van der Waals surface area contributed by atoms with Gasteiger partial charge in [0.05, 0.1) is 5.69 Å². The van der Waals surface area contributed by atoms with Gasteiger partial charge in [0.25, 0.3) is 0 Å². The summed E-state index contributed by atoms with van der Waals surface area (Å²) >= 11 is 1.71. The summed E-state index contributed by atoms with van der Waals surface area (Å²) in [4.78, 5) is 10.4. The van der Waals surface area contributed by atoms with Crippen LogP contribution in [0.2, 0.25) is 0 Å². The first-order valence-corrected chi connectivity index (χ1v) is 7.40. The van der Waals surface area contributed by atoms with Gasteiger partial charge in [0.1, 0.15) is 17.5 Å². The van der Waals surface area contributed by atoms with Crippen molar-refractivity contribution >= 4 is 23.1 Å². The molecule has 108 valence electrons. The van der Waals surface area contributed by atoms with Crippen molar-refractivity contribution in [2.75, 3.05) is 11.5 Å². The zero-order valence-electron chi connectivity index (χ0n) is 11.9. The maximum absolute atomic E-state index is 9.29. The summed E-state index contributed by atoms with van der Waals surface area (Å²) in [6.07, 6.45) is 0. The summed E-state index contributed by atoms with van der Waals surface area (Å²) < 4.78 is 0. The highest BCUT2D eigenvalue weighted by molar-refractivity contribution is 7.15. The average Bonchev–Trinajstić information content (AvgIpc) is 2.93. The lowest BCUT2D eigenvalue weighted by Gasteiger charge is -2.08. The summed E-state index contributed by atoms with van der Waals surface area (Å²) in [5, 5.41) is 9.29. The van der Waals surface area contributed by atoms with Crippen molar-refractivity contribution in [2.24, 2.45) is 0 Å². The SMILES string of the molecule is Cc1ccc(-c2cccc(-c3nc(N)nc(N)c3C#N)c2)s1. The van der Waals surface area contributed by atoms with Crippen LogP contribution in [-0.2, 0) is 0 Å². The van der Waals surface area contributed by atoms with Crippen molar-refractivity contribution < 1.29 is 0 Å². The van der Waals surface area contributed by atoms with Crippen molar-refractivity contribution in [3.8, 4) is 27.8 Å². The van der Waals surface area contributed by atoms with E-state index in [4.69, 9.17) is 11.5 Å². The lowest BCUT2D eigenvalue weighted by atomic mass is 10.0. The van der Waals surface area contributed by atoms with Gasteiger partial charge in [-0.2, -0.15) is 10.2 Å². The molecule has 0 amide bonds. The van der Waals surface area contributed by atoms with Gasteiger partial charge in [0.15, 0.2) is 0 Å². The number of aromatic nitrogens is 2. The number of nitrogen functional groups attached to an aromatic ring is 2. The predicted octanol–water partition coefficient (Wildman–Crippen LogP) is 3.22. The van der Waals surface area contributed by atoms with E-state index in [1.54, 1.807) is 11.3 Å². The van der Waals surface area contributed by atoms with E-state index in [1.807, 2.05) is 30.3 Å². The van der Waals surface area contributed by atoms with Crippen LogP contribution in [0.25, 0.3) is 21.7 Å². The first-order chi connectivity index (χ1) is 10.6. The number of thiophene rings is 1. The summed E-state index contributed by atoms with van der Waals surface area (Å²) in [5.41, 5.74) is 14.0. The number of nitrogens with zero attached hydrogens (tertiary/aromatic N) is 3. The molecule has 6 heteroatoms. The number of nitriles is 1. The number of rotatable bonds is 2. The lowest BCUT2D eigenvalue weighted by Crippen LogP contribution is -2.04. The largest absolute Gasteiger partial charge is 0.382 e. The Labute approximate surface area is 131 Å². The van der Waals surface area contributed by atoms with Gasteiger partial charge < -0.3 is 11.5 Å². The minimum absolute atomic E-state index is 0.0591. The molecule has 0 aliphatic rings. The standard InChI is InChI=1S/C16H13N5S/c1-9-5-6-13(22-9)10-3-2-4-11(7-10)14-12(8-17)15(18)21-16(19)20-14/h2-7H,1H3,(H4,18,19,20,21). The molecule has 3 aromatic rings. The smallest absolute Gasteiger partial charge is 0.222 e. The van der Waals surface area contributed by atoms with Gasteiger partial charge in [-0.1, -0.05) is 18.2 Å². The molecule has 4 N–H and O–H groups in total. The highest BCUT2D eigenvalue weighted by atomic mass is 32.1. The maximum atomic E-state index is 9.29. The quantitative estimate of drug-likeness (QED) is 0.757. The molecule has 0 saturated heterocycles. The van der Waals surface area contributed by atoms with E-state index in [9.17, 15) is 5.26 Å². The number of hydrogen-bond donors (Lipinski definition) is 2. The summed E-state index contributed by atoms with van der Waals surface area (Å²) in [7, 11) is 0. The van der Waals surface area contributed by atoms with Gasteiger partial charge >= 0.3 is 0 Å². The predicted molar refractivity (Wildman–Crippen MR) is 89.1 cm³/mol. The van der Waals surface area contributed by atoms with Crippen LogP contribution in [-0.4, -0.2) is 9.97 Å². The molecule has 22 heavy (non-hydrogen) atoms. The molecular formula is C16H13N5S. The Morgan fingerprint density at radius 1 is 1.09 bits per heavy atom. The molecule has 0 aliphatic carbocycles. The normalized spacial score (nSPS) is 10.4. The summed E-state index contributed by atoms with van der Waals surface area (Å²) in [6.45, 7) is 2.07. The van der Waals surface area contributed by atoms with Gasteiger partial charge in [-0.15, -0.1) is 11.3 Å². The lowest BCUT2D eigenvalue weighted by molar-refractivity contribution is 1.18. The van der Waals surface area contributed by atoms with Crippen LogP contribution in [0.1, 0.15) is 10.4 Å². The molecule has 0 radical (unpaired) electrons. The van der Waals surface area contributed by atoms with Crippen molar-refractivity contribution in [1.29, 1.82) is 5.26 Å². The number of benzene rings is 1. The van der Waals surface area contributed by atoms with Crippen LogP contribution in [0.4, 0.5) is 11.8 Å².